The van der Waals surface area contributed by atoms with Gasteiger partial charge in [0.2, 0.25) is 0 Å². The second-order valence-electron chi connectivity index (χ2n) is 8.89. The van der Waals surface area contributed by atoms with Gasteiger partial charge in [-0.15, -0.1) is 11.3 Å². The zero-order valence-corrected chi connectivity index (χ0v) is 19.1. The molecule has 1 saturated heterocycles. The number of carbonyl (C=O) groups is 1. The lowest BCUT2D eigenvalue weighted by Gasteiger charge is -2.32. The number of rotatable bonds is 4. The molecule has 0 bridgehead atoms. The number of benzene rings is 2. The molecule has 5 rings (SSSR count). The SMILES string of the molecule is CC(C)Cn1nc(C(=O)N2CCC[C@@H](c3nc4ccccc4s3)C2)c2ccccc2c1=O. The second-order valence-corrected chi connectivity index (χ2v) is 9.95. The van der Waals surface area contributed by atoms with Crippen molar-refractivity contribution in [1.82, 2.24) is 19.7 Å². The van der Waals surface area contributed by atoms with Crippen LogP contribution in [0.25, 0.3) is 21.0 Å². The van der Waals surface area contributed by atoms with Gasteiger partial charge in [0, 0.05) is 30.9 Å². The Hall–Kier alpha value is -3.06. The van der Waals surface area contributed by atoms with Crippen molar-refractivity contribution in [1.29, 1.82) is 0 Å². The van der Waals surface area contributed by atoms with Gasteiger partial charge in [0.15, 0.2) is 5.69 Å². The van der Waals surface area contributed by atoms with E-state index < -0.39 is 0 Å². The smallest absolute Gasteiger partial charge is 0.274 e. The van der Waals surface area contributed by atoms with E-state index in [2.05, 4.69) is 11.2 Å². The highest BCUT2D eigenvalue weighted by molar-refractivity contribution is 7.18. The molecule has 1 amide bonds. The first-order valence-electron chi connectivity index (χ1n) is 11.2. The highest BCUT2D eigenvalue weighted by atomic mass is 32.1. The van der Waals surface area contributed by atoms with Gasteiger partial charge in [-0.1, -0.05) is 44.2 Å². The van der Waals surface area contributed by atoms with Gasteiger partial charge >= 0.3 is 0 Å². The molecular formula is C25H26N4O2S. The molecule has 0 N–H and O–H groups in total. The molecule has 0 spiro atoms. The number of fused-ring (bicyclic) bond motifs is 2. The van der Waals surface area contributed by atoms with Crippen LogP contribution in [0.1, 0.15) is 48.1 Å². The van der Waals surface area contributed by atoms with Gasteiger partial charge in [-0.3, -0.25) is 9.59 Å². The van der Waals surface area contributed by atoms with Crippen LogP contribution in [-0.2, 0) is 6.54 Å². The summed E-state index contributed by atoms with van der Waals surface area (Å²) in [4.78, 5) is 33.3. The number of carbonyl (C=O) groups excluding carboxylic acids is 1. The molecule has 1 atom stereocenters. The van der Waals surface area contributed by atoms with E-state index in [4.69, 9.17) is 4.98 Å². The van der Waals surface area contributed by atoms with Crippen molar-refractivity contribution >= 4 is 38.2 Å². The predicted molar refractivity (Wildman–Crippen MR) is 128 cm³/mol. The predicted octanol–water partition coefficient (Wildman–Crippen LogP) is 4.68. The van der Waals surface area contributed by atoms with Crippen LogP contribution in [0.4, 0.5) is 0 Å². The lowest BCUT2D eigenvalue weighted by Crippen LogP contribution is -2.40. The van der Waals surface area contributed by atoms with Crippen molar-refractivity contribution in [3.63, 3.8) is 0 Å². The summed E-state index contributed by atoms with van der Waals surface area (Å²) in [5, 5.41) is 6.81. The third kappa shape index (κ3) is 3.81. The van der Waals surface area contributed by atoms with Gasteiger partial charge in [-0.05, 0) is 37.0 Å². The highest BCUT2D eigenvalue weighted by Gasteiger charge is 2.29. The Morgan fingerprint density at radius 2 is 1.88 bits per heavy atom. The normalized spacial score (nSPS) is 16.8. The first kappa shape index (κ1) is 20.8. The molecule has 164 valence electrons. The van der Waals surface area contributed by atoms with Crippen LogP contribution in [0.2, 0.25) is 0 Å². The Kier molecular flexibility index (Phi) is 5.51. The van der Waals surface area contributed by atoms with Crippen LogP contribution in [-0.4, -0.2) is 38.7 Å². The van der Waals surface area contributed by atoms with Crippen LogP contribution < -0.4 is 5.56 Å². The number of aromatic nitrogens is 3. The summed E-state index contributed by atoms with van der Waals surface area (Å²) in [6.07, 6.45) is 1.94. The van der Waals surface area contributed by atoms with E-state index >= 15 is 0 Å². The summed E-state index contributed by atoms with van der Waals surface area (Å²) in [6.45, 7) is 5.88. The summed E-state index contributed by atoms with van der Waals surface area (Å²) in [7, 11) is 0. The van der Waals surface area contributed by atoms with Gasteiger partial charge in [-0.25, -0.2) is 9.67 Å². The Bertz CT molecular complexity index is 1320. The Morgan fingerprint density at radius 1 is 1.12 bits per heavy atom. The lowest BCUT2D eigenvalue weighted by atomic mass is 9.98. The van der Waals surface area contributed by atoms with E-state index in [0.29, 0.717) is 36.1 Å². The summed E-state index contributed by atoms with van der Waals surface area (Å²) in [5.41, 5.74) is 1.24. The largest absolute Gasteiger partial charge is 0.337 e. The number of likely N-dealkylation sites (tertiary alicyclic amines) is 1. The molecule has 32 heavy (non-hydrogen) atoms. The fourth-order valence-electron chi connectivity index (χ4n) is 4.44. The van der Waals surface area contributed by atoms with Gasteiger partial charge in [-0.2, -0.15) is 5.10 Å². The van der Waals surface area contributed by atoms with Crippen molar-refractivity contribution < 1.29 is 4.79 Å². The molecule has 0 radical (unpaired) electrons. The summed E-state index contributed by atoms with van der Waals surface area (Å²) in [5.74, 6) is 0.366. The summed E-state index contributed by atoms with van der Waals surface area (Å²) < 4.78 is 2.63. The van der Waals surface area contributed by atoms with Gasteiger partial charge in [0.25, 0.3) is 11.5 Å². The minimum absolute atomic E-state index is 0.107. The minimum Gasteiger partial charge on any atom is -0.337 e. The Labute approximate surface area is 190 Å². The molecular weight excluding hydrogens is 420 g/mol. The molecule has 6 nitrogen and oxygen atoms in total. The molecule has 4 aromatic rings. The number of para-hydroxylation sites is 1. The first-order chi connectivity index (χ1) is 15.5. The molecule has 1 fully saturated rings. The fourth-order valence-corrected chi connectivity index (χ4v) is 5.53. The monoisotopic (exact) mass is 446 g/mol. The molecule has 1 aliphatic heterocycles. The van der Waals surface area contributed by atoms with Crippen molar-refractivity contribution in [3.05, 3.63) is 69.6 Å². The van der Waals surface area contributed by atoms with Crippen molar-refractivity contribution in [3.8, 4) is 0 Å². The zero-order chi connectivity index (χ0) is 22.2. The van der Waals surface area contributed by atoms with Crippen molar-refractivity contribution in [2.75, 3.05) is 13.1 Å². The van der Waals surface area contributed by atoms with Crippen molar-refractivity contribution in [2.45, 2.75) is 39.2 Å². The van der Waals surface area contributed by atoms with E-state index in [9.17, 15) is 9.59 Å². The third-order valence-electron chi connectivity index (χ3n) is 5.98. The van der Waals surface area contributed by atoms with Crippen LogP contribution >= 0.6 is 11.3 Å². The lowest BCUT2D eigenvalue weighted by molar-refractivity contribution is 0.0700. The number of hydrogen-bond acceptors (Lipinski definition) is 5. The molecule has 0 unspecified atom stereocenters. The average Bonchev–Trinajstić information content (AvgIpc) is 3.25. The summed E-state index contributed by atoms with van der Waals surface area (Å²) >= 11 is 1.72. The third-order valence-corrected chi connectivity index (χ3v) is 7.18. The molecule has 1 aliphatic rings. The van der Waals surface area contributed by atoms with E-state index in [0.717, 1.165) is 23.4 Å². The maximum Gasteiger partial charge on any atom is 0.274 e. The maximum absolute atomic E-state index is 13.6. The molecule has 7 heteroatoms. The molecule has 0 saturated carbocycles. The van der Waals surface area contributed by atoms with Gasteiger partial charge in [0.05, 0.1) is 20.6 Å². The average molecular weight is 447 g/mol. The van der Waals surface area contributed by atoms with E-state index in [1.165, 1.54) is 9.38 Å². The number of amides is 1. The van der Waals surface area contributed by atoms with E-state index in [1.54, 1.807) is 17.4 Å². The number of piperidine rings is 1. The van der Waals surface area contributed by atoms with Crippen LogP contribution in [0, 0.1) is 5.92 Å². The number of nitrogens with zero attached hydrogens (tertiary/aromatic N) is 4. The van der Waals surface area contributed by atoms with Crippen LogP contribution in [0.3, 0.4) is 0 Å². The molecule has 3 heterocycles. The second kappa shape index (κ2) is 8.47. The van der Waals surface area contributed by atoms with E-state index in [-0.39, 0.29) is 23.3 Å². The summed E-state index contributed by atoms with van der Waals surface area (Å²) in [6, 6.07) is 15.5. The number of hydrogen-bond donors (Lipinski definition) is 0. The molecule has 2 aromatic heterocycles. The highest BCUT2D eigenvalue weighted by Crippen LogP contribution is 2.33. The number of thiazole rings is 1. The quantitative estimate of drug-likeness (QED) is 0.456. The Morgan fingerprint density at radius 3 is 2.66 bits per heavy atom. The van der Waals surface area contributed by atoms with Crippen LogP contribution in [0.15, 0.2) is 53.3 Å². The van der Waals surface area contributed by atoms with Gasteiger partial charge < -0.3 is 4.90 Å². The first-order valence-corrected chi connectivity index (χ1v) is 12.0. The van der Waals surface area contributed by atoms with Crippen molar-refractivity contribution in [2.24, 2.45) is 5.92 Å². The fraction of sp³-hybridized carbons (Fsp3) is 0.360. The Balaban J connectivity index is 1.49. The van der Waals surface area contributed by atoms with Gasteiger partial charge in [0.1, 0.15) is 0 Å². The maximum atomic E-state index is 13.6. The zero-order valence-electron chi connectivity index (χ0n) is 18.3. The topological polar surface area (TPSA) is 68.1 Å². The minimum atomic E-state index is -0.142. The molecule has 2 aromatic carbocycles. The molecule has 0 aliphatic carbocycles. The standard InChI is InChI=1S/C25H26N4O2S/c1-16(2)14-29-24(30)19-10-4-3-9-18(19)22(27-29)25(31)28-13-7-8-17(15-28)23-26-20-11-5-6-12-21(20)32-23/h3-6,9-12,16-17H,7-8,13-15H2,1-2H3/t17-/m1/s1. The van der Waals surface area contributed by atoms with Crippen LogP contribution in [0.5, 0.6) is 0 Å². The van der Waals surface area contributed by atoms with E-state index in [1.807, 2.05) is 55.1 Å².